The summed E-state index contributed by atoms with van der Waals surface area (Å²) in [5, 5.41) is 20.6. The minimum absolute atomic E-state index is 0.233. The van der Waals surface area contributed by atoms with E-state index < -0.39 is 23.7 Å². The maximum absolute atomic E-state index is 11.6. The number of amides is 1. The van der Waals surface area contributed by atoms with Crippen LogP contribution < -0.4 is 11.1 Å². The van der Waals surface area contributed by atoms with Crippen LogP contribution in [0.1, 0.15) is 16.8 Å². The molecule has 0 radical (unpaired) electrons. The zero-order valence-electron chi connectivity index (χ0n) is 9.59. The maximum atomic E-state index is 11.6. The number of carbonyl (C=O) groups is 2. The molecule has 0 aliphatic heterocycles. The van der Waals surface area contributed by atoms with E-state index in [0.29, 0.717) is 6.42 Å². The quantitative estimate of drug-likeness (QED) is 0.581. The molecule has 1 unspecified atom stereocenters. The summed E-state index contributed by atoms with van der Waals surface area (Å²) in [5.41, 5.74) is 5.60. The molecular formula is C12H14N2O4. The van der Waals surface area contributed by atoms with Gasteiger partial charge in [-0.2, -0.15) is 0 Å². The van der Waals surface area contributed by atoms with Crippen LogP contribution in [0.15, 0.2) is 30.9 Å². The Morgan fingerprint density at radius 3 is 2.67 bits per heavy atom. The number of rotatable bonds is 5. The van der Waals surface area contributed by atoms with E-state index in [1.165, 1.54) is 18.2 Å². The highest BCUT2D eigenvalue weighted by atomic mass is 16.4. The molecule has 5 N–H and O–H groups in total. The predicted octanol–water partition coefficient (Wildman–Crippen LogP) is 0.932. The third-order valence-corrected chi connectivity index (χ3v) is 2.25. The maximum Gasteiger partial charge on any atom is 0.339 e. The minimum Gasteiger partial charge on any atom is -0.507 e. The molecule has 0 aliphatic rings. The van der Waals surface area contributed by atoms with Crippen LogP contribution in [0.4, 0.5) is 5.69 Å². The van der Waals surface area contributed by atoms with E-state index >= 15 is 0 Å². The van der Waals surface area contributed by atoms with Crippen molar-refractivity contribution >= 4 is 17.6 Å². The van der Waals surface area contributed by atoms with Gasteiger partial charge in [0.15, 0.2) is 0 Å². The number of aromatic hydroxyl groups is 1. The van der Waals surface area contributed by atoms with E-state index in [1.54, 1.807) is 0 Å². The Hall–Kier alpha value is -2.34. The summed E-state index contributed by atoms with van der Waals surface area (Å²) in [7, 11) is 0. The standard InChI is InChI=1S/C12H14N2O4/c1-2-3-9(13)11(16)14-7-4-5-8(12(17)18)10(15)6-7/h2,4-6,9,15H,1,3,13H2,(H,14,16)(H,17,18). The van der Waals surface area contributed by atoms with Crippen molar-refractivity contribution in [2.24, 2.45) is 5.73 Å². The first-order chi connectivity index (χ1) is 8.45. The lowest BCUT2D eigenvalue weighted by molar-refractivity contribution is -0.117. The lowest BCUT2D eigenvalue weighted by Gasteiger charge is -2.11. The molecule has 0 fully saturated rings. The number of benzene rings is 1. The van der Waals surface area contributed by atoms with Gasteiger partial charge in [-0.25, -0.2) is 4.79 Å². The van der Waals surface area contributed by atoms with Gasteiger partial charge in [0.25, 0.3) is 0 Å². The summed E-state index contributed by atoms with van der Waals surface area (Å²) in [4.78, 5) is 22.2. The van der Waals surface area contributed by atoms with Crippen LogP contribution in [0.25, 0.3) is 0 Å². The van der Waals surface area contributed by atoms with Crippen LogP contribution in [0, 0.1) is 0 Å². The van der Waals surface area contributed by atoms with E-state index in [4.69, 9.17) is 10.8 Å². The molecule has 0 saturated heterocycles. The van der Waals surface area contributed by atoms with Gasteiger partial charge in [0.2, 0.25) is 5.91 Å². The molecule has 0 bridgehead atoms. The lowest BCUT2D eigenvalue weighted by atomic mass is 10.1. The molecule has 0 saturated carbocycles. The lowest BCUT2D eigenvalue weighted by Crippen LogP contribution is -2.35. The number of nitrogens with one attached hydrogen (secondary N) is 1. The summed E-state index contributed by atoms with van der Waals surface area (Å²) in [6, 6.07) is 3.00. The van der Waals surface area contributed by atoms with Crippen LogP contribution >= 0.6 is 0 Å². The van der Waals surface area contributed by atoms with E-state index in [0.717, 1.165) is 6.07 Å². The van der Waals surface area contributed by atoms with Gasteiger partial charge in [-0.1, -0.05) is 6.08 Å². The number of carboxylic acids is 1. The molecule has 0 heterocycles. The third kappa shape index (κ3) is 3.33. The summed E-state index contributed by atoms with van der Waals surface area (Å²) in [5.74, 6) is -2.09. The highest BCUT2D eigenvalue weighted by Gasteiger charge is 2.14. The number of aromatic carboxylic acids is 1. The molecular weight excluding hydrogens is 236 g/mol. The fraction of sp³-hybridized carbons (Fsp3) is 0.167. The van der Waals surface area contributed by atoms with Crippen LogP contribution in [0.5, 0.6) is 5.75 Å². The first-order valence-electron chi connectivity index (χ1n) is 5.19. The van der Waals surface area contributed by atoms with Gasteiger partial charge < -0.3 is 21.3 Å². The van der Waals surface area contributed by atoms with Crippen molar-refractivity contribution in [3.8, 4) is 5.75 Å². The molecule has 0 aliphatic carbocycles. The zero-order chi connectivity index (χ0) is 13.7. The molecule has 1 amide bonds. The molecule has 96 valence electrons. The van der Waals surface area contributed by atoms with Crippen molar-refractivity contribution in [1.29, 1.82) is 0 Å². The van der Waals surface area contributed by atoms with E-state index in [2.05, 4.69) is 11.9 Å². The van der Waals surface area contributed by atoms with Crippen LogP contribution in [0.3, 0.4) is 0 Å². The Labute approximate surface area is 104 Å². The number of hydrogen-bond acceptors (Lipinski definition) is 4. The van der Waals surface area contributed by atoms with Crippen LogP contribution in [-0.2, 0) is 4.79 Å². The first kappa shape index (κ1) is 13.7. The topological polar surface area (TPSA) is 113 Å². The fourth-order valence-corrected chi connectivity index (χ4v) is 1.31. The largest absolute Gasteiger partial charge is 0.507 e. The number of nitrogens with two attached hydrogens (primary N) is 1. The molecule has 0 spiro atoms. The molecule has 0 aromatic heterocycles. The number of carbonyl (C=O) groups excluding carboxylic acids is 1. The highest BCUT2D eigenvalue weighted by molar-refractivity contribution is 5.96. The van der Waals surface area contributed by atoms with Crippen molar-refractivity contribution in [2.75, 3.05) is 5.32 Å². The first-order valence-corrected chi connectivity index (χ1v) is 5.19. The van der Waals surface area contributed by atoms with Gasteiger partial charge in [0, 0.05) is 11.8 Å². The third-order valence-electron chi connectivity index (χ3n) is 2.25. The van der Waals surface area contributed by atoms with Gasteiger partial charge in [-0.05, 0) is 18.6 Å². The Balaban J connectivity index is 2.80. The van der Waals surface area contributed by atoms with Crippen LogP contribution in [0.2, 0.25) is 0 Å². The number of carboxylic acid groups (broad SMARTS) is 1. The molecule has 6 nitrogen and oxygen atoms in total. The normalized spacial score (nSPS) is 11.6. The van der Waals surface area contributed by atoms with Crippen LogP contribution in [-0.4, -0.2) is 28.1 Å². The SMILES string of the molecule is C=CCC(N)C(=O)Nc1ccc(C(=O)O)c(O)c1. The number of hydrogen-bond donors (Lipinski definition) is 4. The van der Waals surface area contributed by atoms with Crippen molar-refractivity contribution < 1.29 is 19.8 Å². The van der Waals surface area contributed by atoms with E-state index in [9.17, 15) is 14.7 Å². The summed E-state index contributed by atoms with van der Waals surface area (Å²) in [6.45, 7) is 3.47. The summed E-state index contributed by atoms with van der Waals surface area (Å²) < 4.78 is 0. The molecule has 18 heavy (non-hydrogen) atoms. The Morgan fingerprint density at radius 2 is 2.17 bits per heavy atom. The highest BCUT2D eigenvalue weighted by Crippen LogP contribution is 2.22. The summed E-state index contributed by atoms with van der Waals surface area (Å²) in [6.07, 6.45) is 1.85. The molecule has 1 aromatic carbocycles. The molecule has 1 aromatic rings. The van der Waals surface area contributed by atoms with E-state index in [1.807, 2.05) is 0 Å². The zero-order valence-corrected chi connectivity index (χ0v) is 9.59. The Morgan fingerprint density at radius 1 is 1.50 bits per heavy atom. The Kier molecular flexibility index (Phi) is 4.45. The second kappa shape index (κ2) is 5.83. The van der Waals surface area contributed by atoms with Gasteiger partial charge in [0.05, 0.1) is 6.04 Å². The van der Waals surface area contributed by atoms with Crippen molar-refractivity contribution in [1.82, 2.24) is 0 Å². The van der Waals surface area contributed by atoms with Crippen molar-refractivity contribution in [2.45, 2.75) is 12.5 Å². The second-order valence-electron chi connectivity index (χ2n) is 3.66. The minimum atomic E-state index is -1.24. The smallest absolute Gasteiger partial charge is 0.339 e. The average Bonchev–Trinajstić information content (AvgIpc) is 2.28. The van der Waals surface area contributed by atoms with E-state index in [-0.39, 0.29) is 11.3 Å². The van der Waals surface area contributed by atoms with Gasteiger partial charge in [-0.3, -0.25) is 4.79 Å². The van der Waals surface area contributed by atoms with Gasteiger partial charge in [-0.15, -0.1) is 6.58 Å². The average molecular weight is 250 g/mol. The molecule has 6 heteroatoms. The number of phenols is 1. The number of anilines is 1. The van der Waals surface area contributed by atoms with Gasteiger partial charge in [0.1, 0.15) is 11.3 Å². The van der Waals surface area contributed by atoms with Crippen molar-refractivity contribution in [3.05, 3.63) is 36.4 Å². The molecule has 1 rings (SSSR count). The fourth-order valence-electron chi connectivity index (χ4n) is 1.31. The second-order valence-corrected chi connectivity index (χ2v) is 3.66. The van der Waals surface area contributed by atoms with Crippen molar-refractivity contribution in [3.63, 3.8) is 0 Å². The monoisotopic (exact) mass is 250 g/mol. The summed E-state index contributed by atoms with van der Waals surface area (Å²) >= 11 is 0. The van der Waals surface area contributed by atoms with Gasteiger partial charge >= 0.3 is 5.97 Å². The Bertz CT molecular complexity index is 485. The molecule has 1 atom stereocenters. The predicted molar refractivity (Wildman–Crippen MR) is 66.5 cm³/mol.